The van der Waals surface area contributed by atoms with E-state index >= 15 is 0 Å². The van der Waals surface area contributed by atoms with Gasteiger partial charge in [0.25, 0.3) is 5.91 Å². The van der Waals surface area contributed by atoms with Crippen LogP contribution in [0.2, 0.25) is 10.0 Å². The zero-order valence-corrected chi connectivity index (χ0v) is 26.6. The van der Waals surface area contributed by atoms with Crippen LogP contribution in [-0.4, -0.2) is 108 Å². The second-order valence-electron chi connectivity index (χ2n) is 12.3. The minimum atomic E-state index is -1.32. The van der Waals surface area contributed by atoms with Crippen molar-refractivity contribution in [1.82, 2.24) is 19.6 Å². The van der Waals surface area contributed by atoms with Gasteiger partial charge in [-0.2, -0.15) is 5.26 Å². The zero-order valence-electron chi connectivity index (χ0n) is 25.0. The minimum Gasteiger partial charge on any atom is -0.444 e. The first-order valence-electron chi connectivity index (χ1n) is 14.3. The fraction of sp³-hybridized carbons (Fsp3) is 0.452. The predicted molar refractivity (Wildman–Crippen MR) is 165 cm³/mol. The summed E-state index contributed by atoms with van der Waals surface area (Å²) in [5, 5.41) is 9.89. The maximum Gasteiger partial charge on any atom is 0.410 e. The van der Waals surface area contributed by atoms with Crippen molar-refractivity contribution in [1.29, 1.82) is 5.26 Å². The molecular weight excluding hydrogens is 607 g/mol. The Labute approximate surface area is 266 Å². The summed E-state index contributed by atoms with van der Waals surface area (Å²) < 4.78 is 5.46. The number of rotatable bonds is 4. The van der Waals surface area contributed by atoms with Gasteiger partial charge in [0, 0.05) is 62.3 Å². The molecule has 11 nitrogen and oxygen atoms in total. The number of carbonyl (C=O) groups excluding carboxylic acids is 4. The lowest BCUT2D eigenvalue weighted by atomic mass is 9.80. The fourth-order valence-corrected chi connectivity index (χ4v) is 6.68. The Balaban J connectivity index is 1.38. The molecule has 5 amide bonds. The molecule has 44 heavy (non-hydrogen) atoms. The molecule has 5 rings (SSSR count). The Kier molecular flexibility index (Phi) is 8.55. The summed E-state index contributed by atoms with van der Waals surface area (Å²) in [5.74, 6) is -1.07. The first-order valence-corrected chi connectivity index (χ1v) is 15.1. The van der Waals surface area contributed by atoms with E-state index in [1.54, 1.807) is 41.1 Å². The second kappa shape index (κ2) is 11.9. The molecule has 0 unspecified atom stereocenters. The first kappa shape index (κ1) is 31.6. The van der Waals surface area contributed by atoms with Crippen LogP contribution in [0.1, 0.15) is 37.8 Å². The number of hydrogen-bond acceptors (Lipinski definition) is 7. The molecule has 3 heterocycles. The van der Waals surface area contributed by atoms with E-state index in [1.807, 2.05) is 25.7 Å². The van der Waals surface area contributed by atoms with Crippen molar-refractivity contribution >= 4 is 52.8 Å². The predicted octanol–water partition coefficient (Wildman–Crippen LogP) is 4.18. The maximum absolute atomic E-state index is 14.4. The number of nitriles is 1. The number of imide groups is 1. The molecule has 13 heteroatoms. The summed E-state index contributed by atoms with van der Waals surface area (Å²) in [6, 6.07) is 13.1. The standard InChI is InChI=1S/C31H34Cl2N6O5/c1-30(2,3)44-29(43)38-11-9-37(10-12-38)26(40)18-36-17-25(21-7-5-20(16-34)6-8-21)31(19-36)27(41)39(28(42)35(31)4)24-14-22(32)13-23(33)15-24/h5-8,13-15,25H,9-12,17-19H2,1-4H3/t25-,31+/m0/s1. The number of halogens is 2. The van der Waals surface area contributed by atoms with Gasteiger partial charge >= 0.3 is 12.1 Å². The van der Waals surface area contributed by atoms with E-state index in [2.05, 4.69) is 6.07 Å². The van der Waals surface area contributed by atoms with Gasteiger partial charge in [-0.25, -0.2) is 14.5 Å². The van der Waals surface area contributed by atoms with Gasteiger partial charge in [-0.15, -0.1) is 0 Å². The summed E-state index contributed by atoms with van der Waals surface area (Å²) >= 11 is 12.4. The van der Waals surface area contributed by atoms with Gasteiger partial charge in [0.2, 0.25) is 5.91 Å². The Bertz CT molecular complexity index is 1510. The zero-order chi connectivity index (χ0) is 32.0. The molecule has 2 atom stereocenters. The molecule has 0 radical (unpaired) electrons. The van der Waals surface area contributed by atoms with Gasteiger partial charge in [-0.3, -0.25) is 14.5 Å². The molecule has 3 fully saturated rings. The van der Waals surface area contributed by atoms with Crippen LogP contribution >= 0.6 is 23.2 Å². The SMILES string of the molecule is CN1C(=O)N(c2cc(Cl)cc(Cl)c2)C(=O)[C@]12CN(CC(=O)N1CCN(C(=O)OC(C)(C)C)CC1)C[C@H]2c1ccc(C#N)cc1. The van der Waals surface area contributed by atoms with Gasteiger partial charge in [0.1, 0.15) is 11.1 Å². The van der Waals surface area contributed by atoms with Gasteiger partial charge in [-0.05, 0) is 56.7 Å². The smallest absolute Gasteiger partial charge is 0.410 e. The average Bonchev–Trinajstić information content (AvgIpc) is 3.43. The summed E-state index contributed by atoms with van der Waals surface area (Å²) in [6.07, 6.45) is -0.408. The third-order valence-electron chi connectivity index (χ3n) is 8.32. The highest BCUT2D eigenvalue weighted by atomic mass is 35.5. The van der Waals surface area contributed by atoms with E-state index in [4.69, 9.17) is 27.9 Å². The van der Waals surface area contributed by atoms with Crippen molar-refractivity contribution in [2.45, 2.75) is 37.8 Å². The van der Waals surface area contributed by atoms with Gasteiger partial charge in [0.05, 0.1) is 23.9 Å². The summed E-state index contributed by atoms with van der Waals surface area (Å²) in [5.41, 5.74) is -0.436. The maximum atomic E-state index is 14.4. The molecule has 232 valence electrons. The molecule has 0 N–H and O–H groups in total. The van der Waals surface area contributed by atoms with Crippen LogP contribution in [0.3, 0.4) is 0 Å². The van der Waals surface area contributed by atoms with Gasteiger partial charge in [-0.1, -0.05) is 35.3 Å². The third kappa shape index (κ3) is 5.94. The number of nitrogens with zero attached hydrogens (tertiary/aromatic N) is 6. The molecular formula is C31H34Cl2N6O5. The van der Waals surface area contributed by atoms with Gasteiger partial charge in [0.15, 0.2) is 0 Å². The number of anilines is 1. The minimum absolute atomic E-state index is 0.0271. The van der Waals surface area contributed by atoms with Crippen molar-refractivity contribution in [3.63, 3.8) is 0 Å². The third-order valence-corrected chi connectivity index (χ3v) is 8.76. The van der Waals surface area contributed by atoms with E-state index in [0.29, 0.717) is 38.3 Å². The molecule has 0 aliphatic carbocycles. The monoisotopic (exact) mass is 640 g/mol. The molecule has 3 aliphatic heterocycles. The van der Waals surface area contributed by atoms with Crippen LogP contribution < -0.4 is 4.90 Å². The van der Waals surface area contributed by atoms with Crippen molar-refractivity contribution < 1.29 is 23.9 Å². The molecule has 0 saturated carbocycles. The number of hydrogen-bond donors (Lipinski definition) is 0. The van der Waals surface area contributed by atoms with E-state index in [0.717, 1.165) is 10.5 Å². The van der Waals surface area contributed by atoms with Crippen molar-refractivity contribution in [2.24, 2.45) is 0 Å². The van der Waals surface area contributed by atoms with E-state index in [1.165, 1.54) is 23.1 Å². The number of ether oxygens (including phenoxy) is 1. The highest BCUT2D eigenvalue weighted by Crippen LogP contribution is 2.46. The van der Waals surface area contributed by atoms with E-state index in [9.17, 15) is 24.4 Å². The lowest BCUT2D eigenvalue weighted by Crippen LogP contribution is -2.55. The van der Waals surface area contributed by atoms with Crippen molar-refractivity contribution in [3.8, 4) is 6.07 Å². The van der Waals surface area contributed by atoms with E-state index < -0.39 is 35.1 Å². The Morgan fingerprint density at radius 1 is 1.00 bits per heavy atom. The second-order valence-corrected chi connectivity index (χ2v) is 13.2. The van der Waals surface area contributed by atoms with Crippen LogP contribution in [-0.2, 0) is 14.3 Å². The van der Waals surface area contributed by atoms with Crippen LogP contribution in [0.15, 0.2) is 42.5 Å². The van der Waals surface area contributed by atoms with Crippen molar-refractivity contribution in [3.05, 3.63) is 63.6 Å². The number of likely N-dealkylation sites (N-methyl/N-ethyl adjacent to an activating group) is 1. The molecule has 3 saturated heterocycles. The highest BCUT2D eigenvalue weighted by Gasteiger charge is 2.64. The van der Waals surface area contributed by atoms with E-state index in [-0.39, 0.29) is 34.7 Å². The molecule has 2 aromatic carbocycles. The van der Waals surface area contributed by atoms with Crippen LogP contribution in [0.4, 0.5) is 15.3 Å². The molecule has 3 aliphatic rings. The fourth-order valence-electron chi connectivity index (χ4n) is 6.17. The van der Waals surface area contributed by atoms with Gasteiger partial charge < -0.3 is 19.4 Å². The number of urea groups is 1. The largest absolute Gasteiger partial charge is 0.444 e. The van der Waals surface area contributed by atoms with Crippen LogP contribution in [0, 0.1) is 11.3 Å². The number of likely N-dealkylation sites (tertiary alicyclic amines) is 1. The van der Waals surface area contributed by atoms with Crippen LogP contribution in [0.25, 0.3) is 0 Å². The Hall–Kier alpha value is -3.85. The highest BCUT2D eigenvalue weighted by molar-refractivity contribution is 6.35. The number of amides is 5. The molecule has 1 spiro atoms. The molecule has 0 bridgehead atoms. The number of piperazine rings is 1. The number of carbonyl (C=O) groups is 4. The summed E-state index contributed by atoms with van der Waals surface area (Å²) in [7, 11) is 1.59. The quantitative estimate of drug-likeness (QED) is 0.460. The summed E-state index contributed by atoms with van der Waals surface area (Å²) in [4.78, 5) is 61.7. The lowest BCUT2D eigenvalue weighted by molar-refractivity contribution is -0.134. The topological polar surface area (TPSA) is 118 Å². The van der Waals surface area contributed by atoms with Crippen molar-refractivity contribution in [2.75, 3.05) is 57.8 Å². The Morgan fingerprint density at radius 2 is 1.59 bits per heavy atom. The van der Waals surface area contributed by atoms with Crippen LogP contribution in [0.5, 0.6) is 0 Å². The lowest BCUT2D eigenvalue weighted by Gasteiger charge is -2.36. The molecule has 2 aromatic rings. The summed E-state index contributed by atoms with van der Waals surface area (Å²) in [6.45, 7) is 7.31. The molecule has 0 aromatic heterocycles. The first-order chi connectivity index (χ1) is 20.7. The number of benzene rings is 2. The Morgan fingerprint density at radius 3 is 2.16 bits per heavy atom. The normalized spacial score (nSPS) is 22.6. The average molecular weight is 642 g/mol.